The fourth-order valence-electron chi connectivity index (χ4n) is 5.10. The molecular weight excluding hydrogens is 446 g/mol. The molecule has 1 amide bonds. The predicted octanol–water partition coefficient (Wildman–Crippen LogP) is 5.69. The van der Waals surface area contributed by atoms with Gasteiger partial charge in [-0.1, -0.05) is 66.7 Å². The molecule has 3 aromatic carbocycles. The minimum atomic E-state index is -0.126. The molecule has 184 valence electrons. The molecule has 0 unspecified atom stereocenters. The lowest BCUT2D eigenvalue weighted by molar-refractivity contribution is 0.0487. The van der Waals surface area contributed by atoms with Gasteiger partial charge in [0.2, 0.25) is 0 Å². The number of ether oxygens (including phenoxy) is 1. The first-order valence-corrected chi connectivity index (χ1v) is 12.6. The van der Waals surface area contributed by atoms with Crippen molar-refractivity contribution in [2.75, 3.05) is 19.8 Å². The van der Waals surface area contributed by atoms with Crippen molar-refractivity contribution in [1.82, 2.24) is 15.1 Å². The molecule has 1 aliphatic heterocycles. The van der Waals surface area contributed by atoms with Crippen molar-refractivity contribution >= 4 is 5.91 Å². The fraction of sp³-hybridized carbons (Fsp3) is 0.290. The molecule has 1 saturated heterocycles. The molecule has 1 aliphatic rings. The second-order valence-electron chi connectivity index (χ2n) is 9.80. The SMILES string of the molecule is Cc1cc(C)n(Cc2ccc(C(=O)NCC3(c4ccc(-c5ccccc5)cc4)CCOCC3)cc2)n1. The molecule has 36 heavy (non-hydrogen) atoms. The Morgan fingerprint density at radius 2 is 1.58 bits per heavy atom. The summed E-state index contributed by atoms with van der Waals surface area (Å²) in [7, 11) is 0. The van der Waals surface area contributed by atoms with Gasteiger partial charge in [-0.3, -0.25) is 9.48 Å². The molecule has 0 saturated carbocycles. The van der Waals surface area contributed by atoms with Gasteiger partial charge in [0.15, 0.2) is 0 Å². The zero-order chi connectivity index (χ0) is 25.0. The fourth-order valence-corrected chi connectivity index (χ4v) is 5.10. The molecule has 1 aromatic heterocycles. The molecule has 0 bridgehead atoms. The zero-order valence-corrected chi connectivity index (χ0v) is 21.0. The molecule has 5 nitrogen and oxygen atoms in total. The van der Waals surface area contributed by atoms with E-state index in [1.54, 1.807) is 0 Å². The van der Waals surface area contributed by atoms with Crippen molar-refractivity contribution in [1.29, 1.82) is 0 Å². The molecule has 5 heteroatoms. The van der Waals surface area contributed by atoms with E-state index in [4.69, 9.17) is 4.74 Å². The van der Waals surface area contributed by atoms with Gasteiger partial charge in [0.1, 0.15) is 0 Å². The van der Waals surface area contributed by atoms with Crippen molar-refractivity contribution in [2.24, 2.45) is 0 Å². The van der Waals surface area contributed by atoms with Crippen LogP contribution in [-0.4, -0.2) is 35.4 Å². The third kappa shape index (κ3) is 5.26. The Hall–Kier alpha value is -3.70. The highest BCUT2D eigenvalue weighted by molar-refractivity contribution is 5.94. The molecule has 5 rings (SSSR count). The van der Waals surface area contributed by atoms with Gasteiger partial charge in [-0.15, -0.1) is 0 Å². The number of amides is 1. The van der Waals surface area contributed by atoms with Crippen LogP contribution in [0.2, 0.25) is 0 Å². The topological polar surface area (TPSA) is 56.2 Å². The van der Waals surface area contributed by atoms with E-state index in [9.17, 15) is 4.79 Å². The molecule has 1 fully saturated rings. The molecule has 0 aliphatic carbocycles. The first-order chi connectivity index (χ1) is 17.5. The lowest BCUT2D eigenvalue weighted by Crippen LogP contribution is -2.44. The molecule has 1 N–H and O–H groups in total. The third-order valence-corrected chi connectivity index (χ3v) is 7.29. The van der Waals surface area contributed by atoms with Crippen LogP contribution in [0.1, 0.15) is 45.7 Å². The Kier molecular flexibility index (Phi) is 7.01. The van der Waals surface area contributed by atoms with Crippen molar-refractivity contribution in [3.05, 3.63) is 113 Å². The van der Waals surface area contributed by atoms with Gasteiger partial charge in [-0.05, 0) is 67.1 Å². The van der Waals surface area contributed by atoms with E-state index < -0.39 is 0 Å². The van der Waals surface area contributed by atoms with Crippen LogP contribution >= 0.6 is 0 Å². The van der Waals surface area contributed by atoms with E-state index in [1.165, 1.54) is 16.7 Å². The maximum atomic E-state index is 13.1. The lowest BCUT2D eigenvalue weighted by atomic mass is 9.73. The Morgan fingerprint density at radius 1 is 0.917 bits per heavy atom. The number of carbonyl (C=O) groups excluding carboxylic acids is 1. The smallest absolute Gasteiger partial charge is 0.251 e. The number of nitrogens with one attached hydrogen (secondary N) is 1. The number of hydrogen-bond acceptors (Lipinski definition) is 3. The largest absolute Gasteiger partial charge is 0.381 e. The Bertz CT molecular complexity index is 1300. The monoisotopic (exact) mass is 479 g/mol. The molecule has 2 heterocycles. The van der Waals surface area contributed by atoms with E-state index >= 15 is 0 Å². The van der Waals surface area contributed by atoms with E-state index in [0.29, 0.717) is 31.9 Å². The average Bonchev–Trinajstić information content (AvgIpc) is 3.25. The van der Waals surface area contributed by atoms with E-state index in [-0.39, 0.29) is 11.3 Å². The summed E-state index contributed by atoms with van der Waals surface area (Å²) < 4.78 is 7.67. The summed E-state index contributed by atoms with van der Waals surface area (Å²) in [6, 6.07) is 29.1. The Labute approximate surface area is 213 Å². The summed E-state index contributed by atoms with van der Waals surface area (Å²) in [6.07, 6.45) is 1.78. The first-order valence-electron chi connectivity index (χ1n) is 12.6. The Morgan fingerprint density at radius 3 is 2.22 bits per heavy atom. The van der Waals surface area contributed by atoms with Gasteiger partial charge in [-0.25, -0.2) is 0 Å². The van der Waals surface area contributed by atoms with Gasteiger partial charge in [0.05, 0.1) is 12.2 Å². The van der Waals surface area contributed by atoms with Crippen molar-refractivity contribution in [3.8, 4) is 11.1 Å². The van der Waals surface area contributed by atoms with E-state index in [0.717, 1.165) is 29.8 Å². The summed E-state index contributed by atoms with van der Waals surface area (Å²) in [4.78, 5) is 13.1. The second-order valence-corrected chi connectivity index (χ2v) is 9.80. The van der Waals surface area contributed by atoms with Crippen molar-refractivity contribution in [3.63, 3.8) is 0 Å². The quantitative estimate of drug-likeness (QED) is 0.370. The highest BCUT2D eigenvalue weighted by Gasteiger charge is 2.35. The van der Waals surface area contributed by atoms with Gasteiger partial charge in [0.25, 0.3) is 5.91 Å². The van der Waals surface area contributed by atoms with Crippen LogP contribution in [0, 0.1) is 13.8 Å². The summed E-state index contributed by atoms with van der Waals surface area (Å²) in [5.41, 5.74) is 7.48. The van der Waals surface area contributed by atoms with Crippen LogP contribution < -0.4 is 5.32 Å². The maximum absolute atomic E-state index is 13.1. The van der Waals surface area contributed by atoms with Crippen LogP contribution in [0.3, 0.4) is 0 Å². The van der Waals surface area contributed by atoms with Crippen LogP contribution in [0.5, 0.6) is 0 Å². The second kappa shape index (κ2) is 10.5. The zero-order valence-electron chi connectivity index (χ0n) is 21.0. The number of aryl methyl sites for hydroxylation is 2. The van der Waals surface area contributed by atoms with Crippen LogP contribution in [0.15, 0.2) is 84.9 Å². The number of benzene rings is 3. The Balaban J connectivity index is 1.27. The van der Waals surface area contributed by atoms with E-state index in [2.05, 4.69) is 71.9 Å². The normalized spacial score (nSPS) is 14.9. The van der Waals surface area contributed by atoms with Gasteiger partial charge >= 0.3 is 0 Å². The first kappa shape index (κ1) is 24.0. The minimum absolute atomic E-state index is 0.0422. The number of nitrogens with zero attached hydrogens (tertiary/aromatic N) is 2. The number of aromatic nitrogens is 2. The van der Waals surface area contributed by atoms with E-state index in [1.807, 2.05) is 41.9 Å². The van der Waals surface area contributed by atoms with Gasteiger partial charge < -0.3 is 10.1 Å². The van der Waals surface area contributed by atoms with Crippen molar-refractivity contribution in [2.45, 2.75) is 38.6 Å². The lowest BCUT2D eigenvalue weighted by Gasteiger charge is -2.38. The van der Waals surface area contributed by atoms with Gasteiger partial charge in [-0.2, -0.15) is 5.10 Å². The minimum Gasteiger partial charge on any atom is -0.381 e. The number of carbonyl (C=O) groups is 1. The summed E-state index contributed by atoms with van der Waals surface area (Å²) in [5.74, 6) is -0.0422. The summed E-state index contributed by atoms with van der Waals surface area (Å²) in [6.45, 7) is 6.76. The maximum Gasteiger partial charge on any atom is 0.251 e. The highest BCUT2D eigenvalue weighted by atomic mass is 16.5. The summed E-state index contributed by atoms with van der Waals surface area (Å²) in [5, 5.41) is 7.75. The third-order valence-electron chi connectivity index (χ3n) is 7.29. The highest BCUT2D eigenvalue weighted by Crippen LogP contribution is 2.35. The number of hydrogen-bond donors (Lipinski definition) is 1. The molecule has 0 atom stereocenters. The molecule has 4 aromatic rings. The summed E-state index contributed by atoms with van der Waals surface area (Å²) >= 11 is 0. The predicted molar refractivity (Wildman–Crippen MR) is 143 cm³/mol. The van der Waals surface area contributed by atoms with Crippen LogP contribution in [0.25, 0.3) is 11.1 Å². The van der Waals surface area contributed by atoms with Crippen LogP contribution in [-0.2, 0) is 16.7 Å². The molecule has 0 radical (unpaired) electrons. The molecular formula is C31H33N3O2. The van der Waals surface area contributed by atoms with Crippen LogP contribution in [0.4, 0.5) is 0 Å². The number of rotatable bonds is 7. The van der Waals surface area contributed by atoms with Crippen molar-refractivity contribution < 1.29 is 9.53 Å². The molecule has 0 spiro atoms. The standard InChI is InChI=1S/C31H33N3O2/c1-23-20-24(2)34(33-23)21-25-8-10-28(11-9-25)30(35)32-22-31(16-18-36-19-17-31)29-14-12-27(13-15-29)26-6-4-3-5-7-26/h3-15,20H,16-19,21-22H2,1-2H3,(H,32,35). The van der Waals surface area contributed by atoms with Gasteiger partial charge in [0, 0.05) is 36.4 Å². The average molecular weight is 480 g/mol.